The van der Waals surface area contributed by atoms with Gasteiger partial charge >= 0.3 is 0 Å². The van der Waals surface area contributed by atoms with E-state index < -0.39 is 0 Å². The van der Waals surface area contributed by atoms with Gasteiger partial charge in [0.1, 0.15) is 5.82 Å². The van der Waals surface area contributed by atoms with Gasteiger partial charge in [0.05, 0.1) is 0 Å². The lowest BCUT2D eigenvalue weighted by Gasteiger charge is -2.25. The van der Waals surface area contributed by atoms with Gasteiger partial charge in [-0.25, -0.2) is 4.98 Å². The highest BCUT2D eigenvalue weighted by atomic mass is 15.2. The van der Waals surface area contributed by atoms with E-state index in [0.717, 1.165) is 37.4 Å². The van der Waals surface area contributed by atoms with Crippen molar-refractivity contribution >= 4 is 5.82 Å². The molecule has 0 saturated carbocycles. The average Bonchev–Trinajstić information content (AvgIpc) is 2.34. The first-order valence-electron chi connectivity index (χ1n) is 6.65. The van der Waals surface area contributed by atoms with Crippen LogP contribution in [0.2, 0.25) is 0 Å². The molecule has 0 aromatic carbocycles. The summed E-state index contributed by atoms with van der Waals surface area (Å²) < 4.78 is 0. The summed E-state index contributed by atoms with van der Waals surface area (Å²) >= 11 is 0. The van der Waals surface area contributed by atoms with Crippen molar-refractivity contribution in [3.63, 3.8) is 0 Å². The minimum atomic E-state index is 0.0490. The predicted octanol–water partition coefficient (Wildman–Crippen LogP) is 1.88. The van der Waals surface area contributed by atoms with Crippen LogP contribution in [0.25, 0.3) is 0 Å². The Morgan fingerprint density at radius 2 is 1.94 bits per heavy atom. The van der Waals surface area contributed by atoms with Gasteiger partial charge in [-0.05, 0) is 39.1 Å². The van der Waals surface area contributed by atoms with Gasteiger partial charge in [-0.3, -0.25) is 0 Å². The molecule has 1 aromatic heterocycles. The van der Waals surface area contributed by atoms with Crippen LogP contribution in [-0.2, 0) is 0 Å². The van der Waals surface area contributed by atoms with Crippen LogP contribution < -0.4 is 10.6 Å². The van der Waals surface area contributed by atoms with E-state index in [2.05, 4.69) is 47.9 Å². The average molecular weight is 250 g/mol. The predicted molar refractivity (Wildman–Crippen MR) is 77.9 cm³/mol. The van der Waals surface area contributed by atoms with E-state index in [1.807, 2.05) is 13.1 Å². The molecule has 0 radical (unpaired) electrons. The Hall–Kier alpha value is -1.13. The molecule has 0 aliphatic rings. The molecule has 0 amide bonds. The lowest BCUT2D eigenvalue weighted by Crippen LogP contribution is -2.32. The summed E-state index contributed by atoms with van der Waals surface area (Å²) in [6.45, 7) is 7.26. The number of pyridine rings is 1. The number of rotatable bonds is 7. The molecule has 2 N–H and O–H groups in total. The van der Waals surface area contributed by atoms with Gasteiger partial charge in [-0.2, -0.15) is 0 Å². The molecule has 4 heteroatoms. The van der Waals surface area contributed by atoms with Crippen LogP contribution in [0.5, 0.6) is 0 Å². The van der Waals surface area contributed by atoms with Crippen LogP contribution in [0, 0.1) is 0 Å². The number of nitrogens with two attached hydrogens (primary N) is 1. The first-order chi connectivity index (χ1) is 8.54. The van der Waals surface area contributed by atoms with E-state index in [0.29, 0.717) is 0 Å². The van der Waals surface area contributed by atoms with Gasteiger partial charge in [-0.1, -0.05) is 13.0 Å². The Kier molecular flexibility index (Phi) is 6.09. The fourth-order valence-corrected chi connectivity index (χ4v) is 1.79. The maximum Gasteiger partial charge on any atom is 0.128 e. The Morgan fingerprint density at radius 3 is 2.39 bits per heavy atom. The normalized spacial score (nSPS) is 12.8. The summed E-state index contributed by atoms with van der Waals surface area (Å²) in [4.78, 5) is 9.04. The highest BCUT2D eigenvalue weighted by Gasteiger charge is 2.08. The molecule has 18 heavy (non-hydrogen) atoms. The van der Waals surface area contributed by atoms with Crippen LogP contribution in [0.4, 0.5) is 5.82 Å². The summed E-state index contributed by atoms with van der Waals surface area (Å²) in [5.74, 6) is 1.04. The van der Waals surface area contributed by atoms with Crippen LogP contribution in [0.15, 0.2) is 18.3 Å². The van der Waals surface area contributed by atoms with E-state index >= 15 is 0 Å². The SMILES string of the molecule is CCCN(CCN(C)C)c1ccc([C@@H](C)N)cn1. The third kappa shape index (κ3) is 4.63. The Bertz CT molecular complexity index is 332. The summed E-state index contributed by atoms with van der Waals surface area (Å²) in [7, 11) is 4.19. The Labute approximate surface area is 111 Å². The summed E-state index contributed by atoms with van der Waals surface area (Å²) in [5.41, 5.74) is 6.92. The molecule has 1 heterocycles. The van der Waals surface area contributed by atoms with Crippen LogP contribution >= 0.6 is 0 Å². The van der Waals surface area contributed by atoms with Crippen molar-refractivity contribution in [2.75, 3.05) is 38.6 Å². The number of nitrogens with zero attached hydrogens (tertiary/aromatic N) is 3. The largest absolute Gasteiger partial charge is 0.355 e. The first kappa shape index (κ1) is 14.9. The van der Waals surface area contributed by atoms with Gasteiger partial charge in [0.25, 0.3) is 0 Å². The molecule has 0 fully saturated rings. The van der Waals surface area contributed by atoms with E-state index in [9.17, 15) is 0 Å². The number of likely N-dealkylation sites (N-methyl/N-ethyl adjacent to an activating group) is 1. The van der Waals surface area contributed by atoms with Crippen molar-refractivity contribution in [2.24, 2.45) is 5.73 Å². The number of aromatic nitrogens is 1. The van der Waals surface area contributed by atoms with Crippen LogP contribution in [0.1, 0.15) is 31.9 Å². The summed E-state index contributed by atoms with van der Waals surface area (Å²) in [5, 5.41) is 0. The number of hydrogen-bond donors (Lipinski definition) is 1. The second kappa shape index (κ2) is 7.34. The molecule has 1 rings (SSSR count). The van der Waals surface area contributed by atoms with Crippen molar-refractivity contribution in [2.45, 2.75) is 26.3 Å². The molecule has 0 spiro atoms. The molecule has 1 atom stereocenters. The van der Waals surface area contributed by atoms with Crippen molar-refractivity contribution in [1.82, 2.24) is 9.88 Å². The van der Waals surface area contributed by atoms with Gasteiger partial charge in [0, 0.05) is 31.9 Å². The quantitative estimate of drug-likeness (QED) is 0.802. The van der Waals surface area contributed by atoms with Gasteiger partial charge in [-0.15, -0.1) is 0 Å². The molecular weight excluding hydrogens is 224 g/mol. The lowest BCUT2D eigenvalue weighted by atomic mass is 10.1. The van der Waals surface area contributed by atoms with Crippen molar-refractivity contribution in [3.05, 3.63) is 23.9 Å². The molecule has 4 nitrogen and oxygen atoms in total. The van der Waals surface area contributed by atoms with Crippen LogP contribution in [0.3, 0.4) is 0 Å². The standard InChI is InChI=1S/C14H26N4/c1-5-8-18(10-9-17(3)4)14-7-6-13(11-16-14)12(2)15/h6-7,11-12H,5,8-10,15H2,1-4H3/t12-/m1/s1. The van der Waals surface area contributed by atoms with Crippen LogP contribution in [-0.4, -0.2) is 43.6 Å². The molecular formula is C14H26N4. The number of hydrogen-bond acceptors (Lipinski definition) is 4. The molecule has 0 aliphatic heterocycles. The minimum absolute atomic E-state index is 0.0490. The second-order valence-electron chi connectivity index (χ2n) is 5.03. The second-order valence-corrected chi connectivity index (χ2v) is 5.03. The monoisotopic (exact) mass is 250 g/mol. The first-order valence-corrected chi connectivity index (χ1v) is 6.65. The third-order valence-electron chi connectivity index (χ3n) is 2.93. The maximum atomic E-state index is 5.84. The summed E-state index contributed by atoms with van der Waals surface area (Å²) in [6.07, 6.45) is 3.02. The molecule has 1 aromatic rings. The lowest BCUT2D eigenvalue weighted by molar-refractivity contribution is 0.412. The highest BCUT2D eigenvalue weighted by Crippen LogP contribution is 2.14. The molecule has 102 valence electrons. The topological polar surface area (TPSA) is 45.4 Å². The Morgan fingerprint density at radius 1 is 1.22 bits per heavy atom. The van der Waals surface area contributed by atoms with E-state index in [4.69, 9.17) is 5.73 Å². The molecule has 0 saturated heterocycles. The van der Waals surface area contributed by atoms with E-state index in [-0.39, 0.29) is 6.04 Å². The van der Waals surface area contributed by atoms with Crippen molar-refractivity contribution < 1.29 is 0 Å². The van der Waals surface area contributed by atoms with Crippen molar-refractivity contribution in [1.29, 1.82) is 0 Å². The van der Waals surface area contributed by atoms with Gasteiger partial charge in [0.15, 0.2) is 0 Å². The Balaban J connectivity index is 2.72. The maximum absolute atomic E-state index is 5.84. The zero-order valence-electron chi connectivity index (χ0n) is 12.1. The fourth-order valence-electron chi connectivity index (χ4n) is 1.79. The molecule has 0 bridgehead atoms. The van der Waals surface area contributed by atoms with Gasteiger partial charge in [0.2, 0.25) is 0 Å². The summed E-state index contributed by atoms with van der Waals surface area (Å²) in [6, 6.07) is 4.20. The fraction of sp³-hybridized carbons (Fsp3) is 0.643. The third-order valence-corrected chi connectivity index (χ3v) is 2.93. The molecule has 0 unspecified atom stereocenters. The van der Waals surface area contributed by atoms with E-state index in [1.165, 1.54) is 0 Å². The minimum Gasteiger partial charge on any atom is -0.355 e. The highest BCUT2D eigenvalue weighted by molar-refractivity contribution is 5.39. The van der Waals surface area contributed by atoms with Gasteiger partial charge < -0.3 is 15.5 Å². The molecule has 0 aliphatic carbocycles. The number of anilines is 1. The zero-order valence-corrected chi connectivity index (χ0v) is 12.1. The smallest absolute Gasteiger partial charge is 0.128 e. The van der Waals surface area contributed by atoms with Crippen molar-refractivity contribution in [3.8, 4) is 0 Å². The zero-order chi connectivity index (χ0) is 13.5. The van der Waals surface area contributed by atoms with E-state index in [1.54, 1.807) is 0 Å².